The number of nitrogens with one attached hydrogen (secondary N) is 4. The Bertz CT molecular complexity index is 732. The number of amides is 2. The maximum Gasteiger partial charge on any atom is 0.225 e. The molecule has 4 N–H and O–H groups in total. The molecule has 0 aromatic rings. The molecular weight excluding hydrogens is 434 g/mol. The quantitative estimate of drug-likeness (QED) is 0.498. The number of thioether (sulfide) groups is 1. The first kappa shape index (κ1) is 23.9. The van der Waals surface area contributed by atoms with E-state index in [1.807, 2.05) is 18.8 Å². The first-order valence-corrected chi connectivity index (χ1v) is 14.3. The highest BCUT2D eigenvalue weighted by Gasteiger charge is 2.48. The van der Waals surface area contributed by atoms with Gasteiger partial charge in [-0.3, -0.25) is 9.59 Å². The number of carbonyl (C=O) groups is 2. The largest absolute Gasteiger partial charge is 0.342 e. The topological polar surface area (TPSA) is 85.5 Å². The van der Waals surface area contributed by atoms with E-state index < -0.39 is 0 Å². The van der Waals surface area contributed by atoms with Crippen molar-refractivity contribution in [1.82, 2.24) is 26.4 Å². The van der Waals surface area contributed by atoms with E-state index in [2.05, 4.69) is 40.2 Å². The van der Waals surface area contributed by atoms with E-state index in [1.165, 1.54) is 25.7 Å². The summed E-state index contributed by atoms with van der Waals surface area (Å²) in [6.07, 6.45) is 10.1. The predicted octanol–water partition coefficient (Wildman–Crippen LogP) is 2.64. The molecule has 0 bridgehead atoms. The molecule has 33 heavy (non-hydrogen) atoms. The van der Waals surface area contributed by atoms with Crippen molar-refractivity contribution >= 4 is 23.6 Å². The van der Waals surface area contributed by atoms with E-state index >= 15 is 0 Å². The summed E-state index contributed by atoms with van der Waals surface area (Å²) in [4.78, 5) is 28.7. The number of hydrogen-bond acceptors (Lipinski definition) is 6. The van der Waals surface area contributed by atoms with E-state index in [0.29, 0.717) is 47.0 Å². The molecule has 7 nitrogen and oxygen atoms in total. The average Bonchev–Trinajstić information content (AvgIpc) is 3.49. The third kappa shape index (κ3) is 4.95. The van der Waals surface area contributed by atoms with E-state index in [4.69, 9.17) is 0 Å². The summed E-state index contributed by atoms with van der Waals surface area (Å²) < 4.78 is 0. The average molecular weight is 478 g/mol. The number of hydrazine groups is 1. The molecule has 9 atom stereocenters. The Morgan fingerprint density at radius 1 is 1.03 bits per heavy atom. The maximum atomic E-state index is 13.4. The number of likely N-dealkylation sites (tertiary alicyclic amines) is 1. The minimum atomic E-state index is -0.0561. The standard InChI is InChI=1S/C25H43N5O2S/c1-14-8-9-17(22(31)27-25-29-28-23(33-25)16-6-4-5-7-16)11-19(14)20-12-18-13-26-15(2)10-21(18)30(3)24(20)32/h14-21,23,25-26,28-29H,4-13H2,1-3H3,(H,27,31). The van der Waals surface area contributed by atoms with Crippen LogP contribution in [0.3, 0.4) is 0 Å². The molecule has 186 valence electrons. The summed E-state index contributed by atoms with van der Waals surface area (Å²) in [6.45, 7) is 5.52. The van der Waals surface area contributed by atoms with Gasteiger partial charge in [0, 0.05) is 37.5 Å². The third-order valence-corrected chi connectivity index (χ3v) is 10.8. The van der Waals surface area contributed by atoms with Gasteiger partial charge in [-0.2, -0.15) is 0 Å². The number of carbonyl (C=O) groups excluding carboxylic acids is 2. The number of fused-ring (bicyclic) bond motifs is 1. The van der Waals surface area contributed by atoms with E-state index in [0.717, 1.165) is 38.6 Å². The van der Waals surface area contributed by atoms with Crippen molar-refractivity contribution in [3.63, 3.8) is 0 Å². The van der Waals surface area contributed by atoms with Gasteiger partial charge in [0.2, 0.25) is 11.8 Å². The fourth-order valence-electron chi connectivity index (χ4n) is 7.39. The lowest BCUT2D eigenvalue weighted by atomic mass is 9.64. The molecule has 9 unspecified atom stereocenters. The molecule has 0 radical (unpaired) electrons. The lowest BCUT2D eigenvalue weighted by Gasteiger charge is -2.50. The molecule has 3 heterocycles. The molecule has 3 aliphatic heterocycles. The van der Waals surface area contributed by atoms with Gasteiger partial charge in [-0.25, -0.2) is 10.9 Å². The van der Waals surface area contributed by atoms with Crippen molar-refractivity contribution in [2.24, 2.45) is 35.5 Å². The van der Waals surface area contributed by atoms with E-state index in [-0.39, 0.29) is 23.2 Å². The van der Waals surface area contributed by atoms with Crippen LogP contribution in [-0.4, -0.2) is 53.3 Å². The van der Waals surface area contributed by atoms with Gasteiger partial charge in [-0.1, -0.05) is 31.5 Å². The summed E-state index contributed by atoms with van der Waals surface area (Å²) in [5.41, 5.74) is 6.65. The van der Waals surface area contributed by atoms with Crippen molar-refractivity contribution in [2.45, 2.75) is 94.6 Å². The van der Waals surface area contributed by atoms with Crippen molar-refractivity contribution in [1.29, 1.82) is 0 Å². The van der Waals surface area contributed by atoms with Crippen molar-refractivity contribution in [3.8, 4) is 0 Å². The zero-order valence-corrected chi connectivity index (χ0v) is 21.3. The summed E-state index contributed by atoms with van der Waals surface area (Å²) >= 11 is 1.82. The van der Waals surface area contributed by atoms with Crippen molar-refractivity contribution in [3.05, 3.63) is 0 Å². The Morgan fingerprint density at radius 2 is 1.82 bits per heavy atom. The Balaban J connectivity index is 1.19. The molecule has 2 amide bonds. The molecule has 8 heteroatoms. The van der Waals surface area contributed by atoms with Crippen LogP contribution < -0.4 is 21.5 Å². The number of nitrogens with zero attached hydrogens (tertiary/aromatic N) is 1. The second kappa shape index (κ2) is 10.0. The smallest absolute Gasteiger partial charge is 0.225 e. The first-order chi connectivity index (χ1) is 15.9. The fourth-order valence-corrected chi connectivity index (χ4v) is 8.63. The Kier molecular flexibility index (Phi) is 7.27. The van der Waals surface area contributed by atoms with Crippen LogP contribution in [0.5, 0.6) is 0 Å². The number of piperidine rings is 2. The highest BCUT2D eigenvalue weighted by molar-refractivity contribution is 8.00. The molecule has 0 aromatic heterocycles. The molecule has 3 saturated heterocycles. The van der Waals surface area contributed by atoms with Gasteiger partial charge in [0.25, 0.3) is 0 Å². The van der Waals surface area contributed by atoms with Crippen LogP contribution in [0, 0.1) is 35.5 Å². The first-order valence-electron chi connectivity index (χ1n) is 13.4. The summed E-state index contributed by atoms with van der Waals surface area (Å²) in [6, 6.07) is 0.846. The van der Waals surface area contributed by atoms with E-state index in [1.54, 1.807) is 0 Å². The predicted molar refractivity (Wildman–Crippen MR) is 132 cm³/mol. The molecule has 5 aliphatic rings. The van der Waals surface area contributed by atoms with Crippen LogP contribution in [0.25, 0.3) is 0 Å². The van der Waals surface area contributed by atoms with Crippen LogP contribution >= 0.6 is 11.8 Å². The molecule has 5 rings (SSSR count). The van der Waals surface area contributed by atoms with Gasteiger partial charge in [-0.05, 0) is 75.5 Å². The summed E-state index contributed by atoms with van der Waals surface area (Å²) in [5.74, 6) is 2.60. The van der Waals surface area contributed by atoms with Gasteiger partial charge in [0.05, 0.1) is 5.37 Å². The lowest BCUT2D eigenvalue weighted by molar-refractivity contribution is -0.149. The minimum Gasteiger partial charge on any atom is -0.342 e. The maximum absolute atomic E-state index is 13.4. The molecule has 2 saturated carbocycles. The highest BCUT2D eigenvalue weighted by atomic mass is 32.2. The van der Waals surface area contributed by atoms with Gasteiger partial charge in [0.15, 0.2) is 0 Å². The van der Waals surface area contributed by atoms with Crippen LogP contribution in [0.15, 0.2) is 0 Å². The van der Waals surface area contributed by atoms with Gasteiger partial charge in [-0.15, -0.1) is 0 Å². The molecule has 0 spiro atoms. The zero-order chi connectivity index (χ0) is 23.1. The highest BCUT2D eigenvalue weighted by Crippen LogP contribution is 2.45. The Hall–Kier alpha value is -0.830. The third-order valence-electron chi connectivity index (χ3n) is 9.47. The van der Waals surface area contributed by atoms with Crippen LogP contribution in [0.1, 0.15) is 71.6 Å². The zero-order valence-electron chi connectivity index (χ0n) is 20.5. The fraction of sp³-hybridized carbons (Fsp3) is 0.920. The lowest BCUT2D eigenvalue weighted by Crippen LogP contribution is -2.60. The van der Waals surface area contributed by atoms with Gasteiger partial charge >= 0.3 is 0 Å². The van der Waals surface area contributed by atoms with Crippen molar-refractivity contribution in [2.75, 3.05) is 13.6 Å². The molecule has 0 aromatic carbocycles. The summed E-state index contributed by atoms with van der Waals surface area (Å²) in [5, 5.41) is 7.28. The molecule has 5 fully saturated rings. The number of hydrogen-bond donors (Lipinski definition) is 4. The van der Waals surface area contributed by atoms with Crippen LogP contribution in [0.2, 0.25) is 0 Å². The van der Waals surface area contributed by atoms with Gasteiger partial charge in [0.1, 0.15) is 5.50 Å². The SMILES string of the molecule is CC1CC2C(CN1)CC(C1CC(C(=O)NC3NNC(C4CCCC4)S3)CCC1C)C(=O)N2C. The number of rotatable bonds is 4. The summed E-state index contributed by atoms with van der Waals surface area (Å²) in [7, 11) is 2.01. The Labute approximate surface area is 203 Å². The molecule has 2 aliphatic carbocycles. The molecular formula is C25H43N5O2S. The van der Waals surface area contributed by atoms with Crippen molar-refractivity contribution < 1.29 is 9.59 Å². The second-order valence-corrected chi connectivity index (χ2v) is 12.8. The monoisotopic (exact) mass is 477 g/mol. The minimum absolute atomic E-state index is 0.0134. The Morgan fingerprint density at radius 3 is 2.61 bits per heavy atom. The van der Waals surface area contributed by atoms with Crippen LogP contribution in [0.4, 0.5) is 0 Å². The second-order valence-electron chi connectivity index (χ2n) is 11.6. The van der Waals surface area contributed by atoms with Gasteiger partial charge < -0.3 is 15.5 Å². The van der Waals surface area contributed by atoms with Crippen LogP contribution in [-0.2, 0) is 9.59 Å². The van der Waals surface area contributed by atoms with E-state index in [9.17, 15) is 9.59 Å². The normalized spacial score (nSPS) is 44.6.